The Kier molecular flexibility index (Phi) is 5.06. The Morgan fingerprint density at radius 3 is 2.38 bits per heavy atom. The van der Waals surface area contributed by atoms with E-state index in [4.69, 9.17) is 5.73 Å². The average molecular weight is 334 g/mol. The molecule has 0 unspecified atom stereocenters. The van der Waals surface area contributed by atoms with Gasteiger partial charge in [0.15, 0.2) is 5.69 Å². The quantitative estimate of drug-likeness (QED) is 0.922. The zero-order valence-corrected chi connectivity index (χ0v) is 15.7. The lowest BCUT2D eigenvalue weighted by atomic mass is 9.92. The van der Waals surface area contributed by atoms with Crippen LogP contribution in [-0.4, -0.2) is 39.1 Å². The standard InChI is InChI=1S/C18H30N4O2/c1-11(2)15-9-14(20-22(15)18(4,5)6)17(24)21-10-13(16(19)23)8-7-12(21)3/h9,11-13H,7-8,10H2,1-6H3,(H2,19,23)/t12-,13-/m0/s1. The van der Waals surface area contributed by atoms with Crippen molar-refractivity contribution in [1.29, 1.82) is 0 Å². The number of hydrogen-bond donors (Lipinski definition) is 1. The third-order valence-electron chi connectivity index (χ3n) is 4.73. The summed E-state index contributed by atoms with van der Waals surface area (Å²) in [5.41, 5.74) is 6.74. The van der Waals surface area contributed by atoms with Crippen LogP contribution in [0.15, 0.2) is 6.07 Å². The van der Waals surface area contributed by atoms with E-state index in [1.807, 2.05) is 17.7 Å². The predicted molar refractivity (Wildman–Crippen MR) is 93.7 cm³/mol. The predicted octanol–water partition coefficient (Wildman–Crippen LogP) is 2.49. The minimum Gasteiger partial charge on any atom is -0.369 e. The molecule has 134 valence electrons. The number of carbonyl (C=O) groups excluding carboxylic acids is 2. The SMILES string of the molecule is CC(C)c1cc(C(=O)N2C[C@@H](C(N)=O)CC[C@@H]2C)nn1C(C)(C)C. The number of aromatic nitrogens is 2. The van der Waals surface area contributed by atoms with E-state index >= 15 is 0 Å². The summed E-state index contributed by atoms with van der Waals surface area (Å²) >= 11 is 0. The fourth-order valence-corrected chi connectivity index (χ4v) is 3.22. The fourth-order valence-electron chi connectivity index (χ4n) is 3.22. The summed E-state index contributed by atoms with van der Waals surface area (Å²) in [6.07, 6.45) is 1.53. The van der Waals surface area contributed by atoms with Gasteiger partial charge in [-0.05, 0) is 52.5 Å². The molecule has 2 amide bonds. The van der Waals surface area contributed by atoms with Gasteiger partial charge < -0.3 is 10.6 Å². The Morgan fingerprint density at radius 2 is 1.92 bits per heavy atom. The van der Waals surface area contributed by atoms with Crippen LogP contribution in [0.1, 0.15) is 76.5 Å². The molecule has 1 fully saturated rings. The van der Waals surface area contributed by atoms with E-state index < -0.39 is 0 Å². The first-order valence-electron chi connectivity index (χ1n) is 8.73. The number of rotatable bonds is 3. The van der Waals surface area contributed by atoms with Crippen LogP contribution in [0, 0.1) is 5.92 Å². The van der Waals surface area contributed by atoms with Crippen LogP contribution in [0.5, 0.6) is 0 Å². The van der Waals surface area contributed by atoms with Crippen molar-refractivity contribution in [2.75, 3.05) is 6.54 Å². The second-order valence-corrected chi connectivity index (χ2v) is 8.17. The second kappa shape index (κ2) is 6.57. The van der Waals surface area contributed by atoms with Crippen molar-refractivity contribution in [1.82, 2.24) is 14.7 Å². The minimum absolute atomic E-state index is 0.0930. The lowest BCUT2D eigenvalue weighted by molar-refractivity contribution is -0.123. The molecule has 1 aromatic rings. The van der Waals surface area contributed by atoms with E-state index in [0.717, 1.165) is 18.5 Å². The number of piperidine rings is 1. The molecule has 6 heteroatoms. The van der Waals surface area contributed by atoms with Crippen molar-refractivity contribution in [3.63, 3.8) is 0 Å². The van der Waals surface area contributed by atoms with Crippen LogP contribution in [0.3, 0.4) is 0 Å². The molecule has 0 bridgehead atoms. The summed E-state index contributed by atoms with van der Waals surface area (Å²) in [5.74, 6) is -0.434. The summed E-state index contributed by atoms with van der Waals surface area (Å²) in [4.78, 5) is 26.2. The summed E-state index contributed by atoms with van der Waals surface area (Å²) in [6.45, 7) is 12.8. The van der Waals surface area contributed by atoms with Gasteiger partial charge in [0, 0.05) is 18.3 Å². The van der Waals surface area contributed by atoms with Crippen LogP contribution in [0.25, 0.3) is 0 Å². The third-order valence-corrected chi connectivity index (χ3v) is 4.73. The molecule has 24 heavy (non-hydrogen) atoms. The van der Waals surface area contributed by atoms with Gasteiger partial charge >= 0.3 is 0 Å². The zero-order valence-electron chi connectivity index (χ0n) is 15.7. The Morgan fingerprint density at radius 1 is 1.29 bits per heavy atom. The molecule has 0 aliphatic carbocycles. The van der Waals surface area contributed by atoms with E-state index in [1.165, 1.54) is 0 Å². The zero-order chi connectivity index (χ0) is 18.2. The highest BCUT2D eigenvalue weighted by atomic mass is 16.2. The van der Waals surface area contributed by atoms with E-state index in [-0.39, 0.29) is 35.2 Å². The molecule has 0 aromatic carbocycles. The highest BCUT2D eigenvalue weighted by Gasteiger charge is 2.34. The molecule has 1 aliphatic rings. The number of nitrogens with zero attached hydrogens (tertiary/aromatic N) is 3. The smallest absolute Gasteiger partial charge is 0.274 e. The summed E-state index contributed by atoms with van der Waals surface area (Å²) in [6, 6.07) is 1.98. The molecule has 2 heterocycles. The molecule has 1 aliphatic heterocycles. The van der Waals surface area contributed by atoms with Crippen molar-refractivity contribution in [2.45, 2.75) is 71.9 Å². The second-order valence-electron chi connectivity index (χ2n) is 8.17. The largest absolute Gasteiger partial charge is 0.369 e. The van der Waals surface area contributed by atoms with Crippen molar-refractivity contribution in [2.24, 2.45) is 11.7 Å². The van der Waals surface area contributed by atoms with Crippen molar-refractivity contribution >= 4 is 11.8 Å². The molecule has 2 rings (SSSR count). The van der Waals surface area contributed by atoms with Crippen LogP contribution in [-0.2, 0) is 10.3 Å². The number of primary amides is 1. The molecule has 1 aromatic heterocycles. The molecule has 1 saturated heterocycles. The highest BCUT2D eigenvalue weighted by molar-refractivity contribution is 5.93. The number of carbonyl (C=O) groups is 2. The number of amides is 2. The van der Waals surface area contributed by atoms with Gasteiger partial charge in [-0.1, -0.05) is 13.8 Å². The van der Waals surface area contributed by atoms with E-state index in [9.17, 15) is 9.59 Å². The van der Waals surface area contributed by atoms with Gasteiger partial charge in [-0.3, -0.25) is 14.3 Å². The van der Waals surface area contributed by atoms with Gasteiger partial charge in [0.05, 0.1) is 11.5 Å². The van der Waals surface area contributed by atoms with Gasteiger partial charge in [-0.25, -0.2) is 0 Å². The maximum absolute atomic E-state index is 13.0. The van der Waals surface area contributed by atoms with Crippen LogP contribution in [0.4, 0.5) is 0 Å². The molecular formula is C18H30N4O2. The van der Waals surface area contributed by atoms with Gasteiger partial charge in [0.25, 0.3) is 5.91 Å². The van der Waals surface area contributed by atoms with Crippen LogP contribution >= 0.6 is 0 Å². The first-order chi connectivity index (χ1) is 11.0. The average Bonchev–Trinajstić information content (AvgIpc) is 2.92. The Bertz CT molecular complexity index is 627. The third kappa shape index (κ3) is 3.62. The Hall–Kier alpha value is -1.85. The van der Waals surface area contributed by atoms with Crippen LogP contribution in [0.2, 0.25) is 0 Å². The normalized spacial score (nSPS) is 22.0. The first-order valence-corrected chi connectivity index (χ1v) is 8.73. The summed E-state index contributed by atoms with van der Waals surface area (Å²) in [5, 5.41) is 4.59. The van der Waals surface area contributed by atoms with Crippen molar-refractivity contribution in [3.05, 3.63) is 17.5 Å². The molecule has 0 radical (unpaired) electrons. The maximum atomic E-state index is 13.0. The number of hydrogen-bond acceptors (Lipinski definition) is 3. The fraction of sp³-hybridized carbons (Fsp3) is 0.722. The van der Waals surface area contributed by atoms with Gasteiger partial charge in [-0.2, -0.15) is 5.10 Å². The lowest BCUT2D eigenvalue weighted by Gasteiger charge is -2.36. The van der Waals surface area contributed by atoms with Crippen molar-refractivity contribution < 1.29 is 9.59 Å². The molecular weight excluding hydrogens is 304 g/mol. The highest BCUT2D eigenvalue weighted by Crippen LogP contribution is 2.27. The minimum atomic E-state index is -0.331. The first kappa shape index (κ1) is 18.5. The number of likely N-dealkylation sites (tertiary alicyclic amines) is 1. The maximum Gasteiger partial charge on any atom is 0.274 e. The van der Waals surface area contributed by atoms with Crippen molar-refractivity contribution in [3.8, 4) is 0 Å². The van der Waals surface area contributed by atoms with Crippen LogP contribution < -0.4 is 5.73 Å². The van der Waals surface area contributed by atoms with Gasteiger partial charge in [-0.15, -0.1) is 0 Å². The molecule has 0 spiro atoms. The lowest BCUT2D eigenvalue weighted by Crippen LogP contribution is -2.48. The Labute approximate surface area is 144 Å². The Balaban J connectivity index is 2.33. The molecule has 6 nitrogen and oxygen atoms in total. The van der Waals surface area contributed by atoms with E-state index in [0.29, 0.717) is 12.2 Å². The monoisotopic (exact) mass is 334 g/mol. The molecule has 2 atom stereocenters. The van der Waals surface area contributed by atoms with E-state index in [2.05, 4.69) is 39.7 Å². The van der Waals surface area contributed by atoms with Gasteiger partial charge in [0.1, 0.15) is 0 Å². The molecule has 0 saturated carbocycles. The molecule has 2 N–H and O–H groups in total. The summed E-state index contributed by atoms with van der Waals surface area (Å²) < 4.78 is 1.94. The number of nitrogens with two attached hydrogens (primary N) is 1. The van der Waals surface area contributed by atoms with E-state index in [1.54, 1.807) is 4.90 Å². The summed E-state index contributed by atoms with van der Waals surface area (Å²) in [7, 11) is 0. The van der Waals surface area contributed by atoms with Gasteiger partial charge in [0.2, 0.25) is 5.91 Å². The topological polar surface area (TPSA) is 81.2 Å².